The van der Waals surface area contributed by atoms with Crippen LogP contribution in [0, 0.1) is 11.8 Å². The van der Waals surface area contributed by atoms with E-state index in [9.17, 15) is 0 Å². The number of rotatable bonds is 2. The van der Waals surface area contributed by atoms with Gasteiger partial charge in [0, 0.05) is 5.38 Å². The maximum atomic E-state index is 6.25. The smallest absolute Gasteiger partial charge is 0.0712 e. The summed E-state index contributed by atoms with van der Waals surface area (Å²) in [5.74, 6) is 1.41. The maximum Gasteiger partial charge on any atom is 0.0712 e. The number of nitrogens with zero attached hydrogens (tertiary/aromatic N) is 1. The Hall–Kier alpha value is -0.410. The first kappa shape index (κ1) is 10.1. The second kappa shape index (κ2) is 4.41. The molecule has 1 aromatic heterocycles. The van der Waals surface area contributed by atoms with Crippen LogP contribution in [0.15, 0.2) is 11.4 Å². The normalized spacial score (nSPS) is 30.1. The third-order valence-corrected chi connectivity index (χ3v) is 4.01. The molecule has 3 heteroatoms. The Balaban J connectivity index is 2.06. The predicted octanol–water partition coefficient (Wildman–Crippen LogP) is 2.97. The van der Waals surface area contributed by atoms with Crippen molar-refractivity contribution >= 4 is 11.5 Å². The van der Waals surface area contributed by atoms with E-state index in [-0.39, 0.29) is 6.04 Å². The van der Waals surface area contributed by atoms with Gasteiger partial charge in [-0.1, -0.05) is 26.2 Å². The minimum atomic E-state index is 0.163. The summed E-state index contributed by atoms with van der Waals surface area (Å²) in [6.45, 7) is 2.33. The molecule has 0 aromatic carbocycles. The van der Waals surface area contributed by atoms with Crippen LogP contribution in [0.1, 0.15) is 44.3 Å². The lowest BCUT2D eigenvalue weighted by Gasteiger charge is -2.32. The van der Waals surface area contributed by atoms with Crippen molar-refractivity contribution in [3.63, 3.8) is 0 Å². The second-order valence-electron chi connectivity index (χ2n) is 4.38. The zero-order valence-corrected chi connectivity index (χ0v) is 9.46. The topological polar surface area (TPSA) is 38.9 Å². The number of aromatic nitrogens is 1. The third-order valence-electron chi connectivity index (χ3n) is 3.44. The van der Waals surface area contributed by atoms with E-state index < -0.39 is 0 Å². The summed E-state index contributed by atoms with van der Waals surface area (Å²) in [7, 11) is 0. The van der Waals surface area contributed by atoms with Gasteiger partial charge in [0.15, 0.2) is 0 Å². The molecular weight excluding hydrogens is 192 g/mol. The van der Waals surface area contributed by atoms with Crippen LogP contribution in [0.25, 0.3) is 0 Å². The summed E-state index contributed by atoms with van der Waals surface area (Å²) in [5.41, 5.74) is 7.34. The van der Waals surface area contributed by atoms with E-state index in [1.54, 1.807) is 0 Å². The summed E-state index contributed by atoms with van der Waals surface area (Å²) in [6.07, 6.45) is 5.33. The van der Waals surface area contributed by atoms with Crippen molar-refractivity contribution in [1.29, 1.82) is 0 Å². The Morgan fingerprint density at radius 2 is 2.29 bits per heavy atom. The Kier molecular flexibility index (Phi) is 3.19. The monoisotopic (exact) mass is 210 g/mol. The maximum absolute atomic E-state index is 6.25. The molecule has 1 fully saturated rings. The molecule has 1 aliphatic carbocycles. The second-order valence-corrected chi connectivity index (χ2v) is 5.04. The lowest BCUT2D eigenvalue weighted by atomic mass is 9.76. The number of hydrogen-bond acceptors (Lipinski definition) is 3. The molecule has 0 amide bonds. The molecule has 3 unspecified atom stereocenters. The zero-order chi connectivity index (χ0) is 9.97. The van der Waals surface area contributed by atoms with Crippen molar-refractivity contribution in [2.75, 3.05) is 0 Å². The van der Waals surface area contributed by atoms with Crippen molar-refractivity contribution in [2.24, 2.45) is 17.6 Å². The lowest BCUT2D eigenvalue weighted by Crippen LogP contribution is -2.29. The Bertz CT molecular complexity index is 271. The van der Waals surface area contributed by atoms with E-state index in [1.807, 2.05) is 5.38 Å². The van der Waals surface area contributed by atoms with Gasteiger partial charge in [0.2, 0.25) is 0 Å². The summed E-state index contributed by atoms with van der Waals surface area (Å²) in [6, 6.07) is 2.23. The van der Waals surface area contributed by atoms with Gasteiger partial charge in [-0.05, 0) is 35.9 Å². The molecule has 3 atom stereocenters. The van der Waals surface area contributed by atoms with Crippen molar-refractivity contribution in [2.45, 2.75) is 38.6 Å². The standard InChI is InChI=1S/C11H18N2S/c1-8-4-2-3-5-9(8)11(12)10-6-7-14-13-10/h6-9,11H,2-5,12H2,1H3. The van der Waals surface area contributed by atoms with Gasteiger partial charge in [-0.2, -0.15) is 4.37 Å². The van der Waals surface area contributed by atoms with Gasteiger partial charge < -0.3 is 5.73 Å². The lowest BCUT2D eigenvalue weighted by molar-refractivity contribution is 0.217. The first-order chi connectivity index (χ1) is 6.79. The fourth-order valence-electron chi connectivity index (χ4n) is 2.49. The number of nitrogens with two attached hydrogens (primary N) is 1. The molecular formula is C11H18N2S. The Morgan fingerprint density at radius 3 is 2.93 bits per heavy atom. The number of hydrogen-bond donors (Lipinski definition) is 1. The van der Waals surface area contributed by atoms with Crippen LogP contribution in [0.5, 0.6) is 0 Å². The molecule has 2 rings (SSSR count). The van der Waals surface area contributed by atoms with E-state index >= 15 is 0 Å². The van der Waals surface area contributed by atoms with E-state index in [4.69, 9.17) is 5.73 Å². The third kappa shape index (κ3) is 1.98. The highest BCUT2D eigenvalue weighted by molar-refractivity contribution is 7.03. The molecule has 0 spiro atoms. The van der Waals surface area contributed by atoms with Crippen molar-refractivity contribution < 1.29 is 0 Å². The van der Waals surface area contributed by atoms with Gasteiger partial charge in [0.1, 0.15) is 0 Å². The zero-order valence-electron chi connectivity index (χ0n) is 8.65. The van der Waals surface area contributed by atoms with Crippen molar-refractivity contribution in [3.05, 3.63) is 17.1 Å². The summed E-state index contributed by atoms with van der Waals surface area (Å²) in [4.78, 5) is 0. The molecule has 1 aliphatic rings. The van der Waals surface area contributed by atoms with E-state index in [2.05, 4.69) is 17.4 Å². The minimum absolute atomic E-state index is 0.163. The van der Waals surface area contributed by atoms with Gasteiger partial charge >= 0.3 is 0 Å². The van der Waals surface area contributed by atoms with Crippen LogP contribution in [0.4, 0.5) is 0 Å². The molecule has 1 heterocycles. The predicted molar refractivity (Wildman–Crippen MR) is 60.2 cm³/mol. The van der Waals surface area contributed by atoms with Gasteiger partial charge in [-0.25, -0.2) is 0 Å². The molecule has 0 aliphatic heterocycles. The van der Waals surface area contributed by atoms with Crippen LogP contribution in [-0.4, -0.2) is 4.37 Å². The molecule has 0 bridgehead atoms. The van der Waals surface area contributed by atoms with E-state index in [0.717, 1.165) is 11.6 Å². The molecule has 2 nitrogen and oxygen atoms in total. The van der Waals surface area contributed by atoms with Crippen molar-refractivity contribution in [1.82, 2.24) is 4.37 Å². The molecule has 1 aromatic rings. The van der Waals surface area contributed by atoms with Gasteiger partial charge in [0.05, 0.1) is 11.7 Å². The average Bonchev–Trinajstić information content (AvgIpc) is 2.70. The molecule has 78 valence electrons. The highest BCUT2D eigenvalue weighted by atomic mass is 32.1. The summed E-state index contributed by atoms with van der Waals surface area (Å²) >= 11 is 1.50. The van der Waals surface area contributed by atoms with Crippen LogP contribution in [0.2, 0.25) is 0 Å². The van der Waals surface area contributed by atoms with Gasteiger partial charge in [0.25, 0.3) is 0 Å². The fraction of sp³-hybridized carbons (Fsp3) is 0.727. The van der Waals surface area contributed by atoms with E-state index in [1.165, 1.54) is 37.2 Å². The quantitative estimate of drug-likeness (QED) is 0.815. The fourth-order valence-corrected chi connectivity index (χ4v) is 3.06. The summed E-state index contributed by atoms with van der Waals surface area (Å²) in [5, 5.41) is 2.02. The SMILES string of the molecule is CC1CCCCC1C(N)c1ccsn1. The highest BCUT2D eigenvalue weighted by Gasteiger charge is 2.28. The molecule has 0 saturated heterocycles. The minimum Gasteiger partial charge on any atom is -0.322 e. The first-order valence-electron chi connectivity index (χ1n) is 5.45. The molecule has 1 saturated carbocycles. The molecule has 14 heavy (non-hydrogen) atoms. The Morgan fingerprint density at radius 1 is 1.50 bits per heavy atom. The molecule has 0 radical (unpaired) electrons. The summed E-state index contributed by atoms with van der Waals surface area (Å²) < 4.78 is 4.34. The van der Waals surface area contributed by atoms with Crippen LogP contribution in [-0.2, 0) is 0 Å². The Labute approximate surface area is 89.7 Å². The largest absolute Gasteiger partial charge is 0.322 e. The highest BCUT2D eigenvalue weighted by Crippen LogP contribution is 2.36. The van der Waals surface area contributed by atoms with Gasteiger partial charge in [-0.15, -0.1) is 0 Å². The van der Waals surface area contributed by atoms with Crippen LogP contribution < -0.4 is 5.73 Å². The first-order valence-corrected chi connectivity index (χ1v) is 6.28. The van der Waals surface area contributed by atoms with Gasteiger partial charge in [-0.3, -0.25) is 0 Å². The van der Waals surface area contributed by atoms with Crippen molar-refractivity contribution in [3.8, 4) is 0 Å². The van der Waals surface area contributed by atoms with Crippen LogP contribution in [0.3, 0.4) is 0 Å². The van der Waals surface area contributed by atoms with E-state index in [0.29, 0.717) is 5.92 Å². The molecule has 2 N–H and O–H groups in total. The van der Waals surface area contributed by atoms with Crippen LogP contribution >= 0.6 is 11.5 Å². The average molecular weight is 210 g/mol.